The Bertz CT molecular complexity index is 509. The first-order chi connectivity index (χ1) is 10.4. The van der Waals surface area contributed by atoms with Gasteiger partial charge in [-0.2, -0.15) is 5.10 Å². The first-order valence-electron chi connectivity index (χ1n) is 7.89. The lowest BCUT2D eigenvalue weighted by Crippen LogP contribution is -2.24. The fourth-order valence-corrected chi connectivity index (χ4v) is 2.49. The third-order valence-corrected chi connectivity index (χ3v) is 3.90. The number of carboxylic acid groups (broad SMARTS) is 1. The predicted molar refractivity (Wildman–Crippen MR) is 84.7 cm³/mol. The number of amides is 1. The molecule has 1 rings (SSSR count). The van der Waals surface area contributed by atoms with E-state index in [2.05, 4.69) is 10.4 Å². The molecule has 6 heteroatoms. The molecule has 0 unspecified atom stereocenters. The van der Waals surface area contributed by atoms with Crippen molar-refractivity contribution >= 4 is 11.9 Å². The minimum Gasteiger partial charge on any atom is -0.481 e. The molecule has 0 aromatic carbocycles. The van der Waals surface area contributed by atoms with Gasteiger partial charge in [-0.15, -0.1) is 0 Å². The van der Waals surface area contributed by atoms with Gasteiger partial charge in [-0.3, -0.25) is 14.3 Å². The van der Waals surface area contributed by atoms with Crippen LogP contribution in [-0.4, -0.2) is 33.3 Å². The summed E-state index contributed by atoms with van der Waals surface area (Å²) in [6.45, 7) is 4.65. The molecule has 1 amide bonds. The molecule has 0 saturated carbocycles. The van der Waals surface area contributed by atoms with E-state index in [-0.39, 0.29) is 12.3 Å². The summed E-state index contributed by atoms with van der Waals surface area (Å²) < 4.78 is 1.85. The fourth-order valence-electron chi connectivity index (χ4n) is 2.49. The lowest BCUT2D eigenvalue weighted by atomic mass is 10.1. The average molecular weight is 309 g/mol. The van der Waals surface area contributed by atoms with Crippen molar-refractivity contribution in [3.8, 4) is 0 Å². The first kappa shape index (κ1) is 18.2. The highest BCUT2D eigenvalue weighted by Crippen LogP contribution is 2.13. The zero-order valence-electron chi connectivity index (χ0n) is 13.8. The van der Waals surface area contributed by atoms with Crippen LogP contribution in [0, 0.1) is 13.8 Å². The first-order valence-corrected chi connectivity index (χ1v) is 7.89. The number of hydrogen-bond donors (Lipinski definition) is 2. The Balaban J connectivity index is 2.12. The van der Waals surface area contributed by atoms with Crippen molar-refractivity contribution in [3.05, 3.63) is 17.0 Å². The molecule has 0 saturated heterocycles. The third kappa shape index (κ3) is 6.28. The van der Waals surface area contributed by atoms with E-state index in [1.807, 2.05) is 25.6 Å². The van der Waals surface area contributed by atoms with Gasteiger partial charge in [-0.25, -0.2) is 0 Å². The van der Waals surface area contributed by atoms with Crippen LogP contribution in [0.4, 0.5) is 0 Å². The monoisotopic (exact) mass is 309 g/mol. The number of aliphatic carboxylic acids is 1. The van der Waals surface area contributed by atoms with Crippen molar-refractivity contribution < 1.29 is 14.7 Å². The van der Waals surface area contributed by atoms with Gasteiger partial charge in [0.2, 0.25) is 5.91 Å². The van der Waals surface area contributed by atoms with Gasteiger partial charge < -0.3 is 10.4 Å². The Labute approximate surface area is 131 Å². The van der Waals surface area contributed by atoms with Crippen LogP contribution in [0.15, 0.2) is 0 Å². The third-order valence-electron chi connectivity index (χ3n) is 3.90. The van der Waals surface area contributed by atoms with E-state index in [0.29, 0.717) is 19.4 Å². The molecule has 0 spiro atoms. The van der Waals surface area contributed by atoms with E-state index in [0.717, 1.165) is 42.6 Å². The van der Waals surface area contributed by atoms with Crippen LogP contribution < -0.4 is 5.32 Å². The highest BCUT2D eigenvalue weighted by Gasteiger charge is 2.11. The molecule has 0 atom stereocenters. The van der Waals surface area contributed by atoms with E-state index < -0.39 is 5.97 Å². The van der Waals surface area contributed by atoms with Crippen molar-refractivity contribution in [2.45, 2.75) is 58.8 Å². The lowest BCUT2D eigenvalue weighted by Gasteiger charge is -2.05. The van der Waals surface area contributed by atoms with E-state index in [1.165, 1.54) is 0 Å². The van der Waals surface area contributed by atoms with Gasteiger partial charge in [0.1, 0.15) is 0 Å². The van der Waals surface area contributed by atoms with Crippen molar-refractivity contribution in [1.82, 2.24) is 15.1 Å². The summed E-state index contributed by atoms with van der Waals surface area (Å²) in [7, 11) is 1.91. The van der Waals surface area contributed by atoms with Gasteiger partial charge >= 0.3 is 5.97 Å². The highest BCUT2D eigenvalue weighted by molar-refractivity contribution is 5.76. The topological polar surface area (TPSA) is 84.2 Å². The average Bonchev–Trinajstić information content (AvgIpc) is 2.69. The van der Waals surface area contributed by atoms with Gasteiger partial charge in [0.15, 0.2) is 0 Å². The summed E-state index contributed by atoms with van der Waals surface area (Å²) >= 11 is 0. The maximum Gasteiger partial charge on any atom is 0.303 e. The molecule has 22 heavy (non-hydrogen) atoms. The molecule has 1 aromatic rings. The number of rotatable bonds is 10. The molecule has 0 bridgehead atoms. The molecule has 1 heterocycles. The standard InChI is InChI=1S/C16H27N3O3/c1-12-14(13(2)19(3)18-12)9-10-15(20)17-11-7-5-4-6-8-16(21)22/h4-11H2,1-3H3,(H,17,20)(H,21,22). The second-order valence-corrected chi connectivity index (χ2v) is 5.68. The Morgan fingerprint density at radius 3 is 2.41 bits per heavy atom. The number of nitrogens with zero attached hydrogens (tertiary/aromatic N) is 2. The number of carbonyl (C=O) groups excluding carboxylic acids is 1. The minimum absolute atomic E-state index is 0.0631. The number of nitrogens with one attached hydrogen (secondary N) is 1. The van der Waals surface area contributed by atoms with Gasteiger partial charge in [0.25, 0.3) is 0 Å². The molecule has 0 aliphatic heterocycles. The van der Waals surface area contributed by atoms with Crippen LogP contribution in [0.5, 0.6) is 0 Å². The Morgan fingerprint density at radius 2 is 1.82 bits per heavy atom. The maximum absolute atomic E-state index is 11.8. The minimum atomic E-state index is -0.741. The largest absolute Gasteiger partial charge is 0.481 e. The molecule has 2 N–H and O–H groups in total. The SMILES string of the molecule is Cc1nn(C)c(C)c1CCC(=O)NCCCCCCC(=O)O. The highest BCUT2D eigenvalue weighted by atomic mass is 16.4. The van der Waals surface area contributed by atoms with Gasteiger partial charge in [-0.05, 0) is 38.7 Å². The second kappa shape index (κ2) is 9.23. The van der Waals surface area contributed by atoms with Crippen molar-refractivity contribution in [2.75, 3.05) is 6.54 Å². The number of aromatic nitrogens is 2. The van der Waals surface area contributed by atoms with E-state index in [1.54, 1.807) is 0 Å². The van der Waals surface area contributed by atoms with Crippen molar-refractivity contribution in [2.24, 2.45) is 7.05 Å². The quantitative estimate of drug-likeness (QED) is 0.648. The summed E-state index contributed by atoms with van der Waals surface area (Å²) in [6.07, 6.45) is 4.89. The Hall–Kier alpha value is -1.85. The number of hydrogen-bond acceptors (Lipinski definition) is 3. The van der Waals surface area contributed by atoms with Crippen LogP contribution in [-0.2, 0) is 23.1 Å². The molecular weight excluding hydrogens is 282 g/mol. The summed E-state index contributed by atoms with van der Waals surface area (Å²) in [5, 5.41) is 15.8. The van der Waals surface area contributed by atoms with E-state index >= 15 is 0 Å². The zero-order valence-corrected chi connectivity index (χ0v) is 13.8. The van der Waals surface area contributed by atoms with Crippen LogP contribution in [0.25, 0.3) is 0 Å². The predicted octanol–water partition coefficient (Wildman–Crippen LogP) is 2.12. The number of aryl methyl sites for hydroxylation is 2. The van der Waals surface area contributed by atoms with E-state index in [9.17, 15) is 9.59 Å². The molecular formula is C16H27N3O3. The summed E-state index contributed by atoms with van der Waals surface area (Å²) in [4.78, 5) is 22.2. The fraction of sp³-hybridized carbons (Fsp3) is 0.688. The molecule has 6 nitrogen and oxygen atoms in total. The summed E-state index contributed by atoms with van der Waals surface area (Å²) in [6, 6.07) is 0. The van der Waals surface area contributed by atoms with Crippen LogP contribution in [0.2, 0.25) is 0 Å². The van der Waals surface area contributed by atoms with E-state index in [4.69, 9.17) is 5.11 Å². The molecule has 0 aliphatic carbocycles. The van der Waals surface area contributed by atoms with Crippen molar-refractivity contribution in [1.29, 1.82) is 0 Å². The lowest BCUT2D eigenvalue weighted by molar-refractivity contribution is -0.137. The molecule has 1 aromatic heterocycles. The molecule has 0 aliphatic rings. The van der Waals surface area contributed by atoms with Gasteiger partial charge in [0, 0.05) is 32.1 Å². The second-order valence-electron chi connectivity index (χ2n) is 5.68. The zero-order chi connectivity index (χ0) is 16.5. The molecule has 124 valence electrons. The molecule has 0 fully saturated rings. The number of carboxylic acids is 1. The summed E-state index contributed by atoms with van der Waals surface area (Å²) in [5.41, 5.74) is 3.27. The maximum atomic E-state index is 11.8. The smallest absolute Gasteiger partial charge is 0.303 e. The Morgan fingerprint density at radius 1 is 1.14 bits per heavy atom. The summed E-state index contributed by atoms with van der Waals surface area (Å²) in [5.74, 6) is -0.678. The van der Waals surface area contributed by atoms with Crippen LogP contribution >= 0.6 is 0 Å². The van der Waals surface area contributed by atoms with Gasteiger partial charge in [0.05, 0.1) is 5.69 Å². The van der Waals surface area contributed by atoms with Crippen LogP contribution in [0.3, 0.4) is 0 Å². The number of unbranched alkanes of at least 4 members (excludes halogenated alkanes) is 3. The number of carbonyl (C=O) groups is 2. The van der Waals surface area contributed by atoms with Crippen molar-refractivity contribution in [3.63, 3.8) is 0 Å². The van der Waals surface area contributed by atoms with Gasteiger partial charge in [-0.1, -0.05) is 12.8 Å². The normalized spacial score (nSPS) is 10.7. The van der Waals surface area contributed by atoms with Crippen LogP contribution in [0.1, 0.15) is 55.5 Å². The molecule has 0 radical (unpaired) electrons. The Kier molecular flexibility index (Phi) is 7.63.